The van der Waals surface area contributed by atoms with E-state index in [4.69, 9.17) is 5.26 Å². The minimum atomic E-state index is 0.0775. The number of nitriles is 1. The number of hydrogen-bond donors (Lipinski definition) is 1. The molecular formula is C23H31N5O. The average Bonchev–Trinajstić information content (AvgIpc) is 3.35. The summed E-state index contributed by atoms with van der Waals surface area (Å²) in [4.78, 5) is 15.0. The predicted octanol–water partition coefficient (Wildman–Crippen LogP) is 3.30. The van der Waals surface area contributed by atoms with Crippen molar-refractivity contribution in [1.82, 2.24) is 20.0 Å². The van der Waals surface area contributed by atoms with Gasteiger partial charge in [-0.3, -0.25) is 14.4 Å². The Morgan fingerprint density at radius 2 is 1.97 bits per heavy atom. The number of amides is 1. The number of aryl methyl sites for hydroxylation is 2. The van der Waals surface area contributed by atoms with Crippen LogP contribution in [0.5, 0.6) is 0 Å². The van der Waals surface area contributed by atoms with E-state index in [0.717, 1.165) is 30.0 Å². The molecule has 6 nitrogen and oxygen atoms in total. The molecule has 1 aliphatic heterocycles. The lowest BCUT2D eigenvalue weighted by molar-refractivity contribution is -0.121. The van der Waals surface area contributed by atoms with Crippen molar-refractivity contribution in [3.05, 3.63) is 52.8 Å². The van der Waals surface area contributed by atoms with E-state index in [-0.39, 0.29) is 11.9 Å². The molecule has 0 saturated carbocycles. The van der Waals surface area contributed by atoms with Crippen LogP contribution in [0.25, 0.3) is 0 Å². The van der Waals surface area contributed by atoms with Gasteiger partial charge in [0.15, 0.2) is 0 Å². The highest BCUT2D eigenvalue weighted by molar-refractivity contribution is 5.76. The van der Waals surface area contributed by atoms with Crippen molar-refractivity contribution < 1.29 is 4.79 Å². The summed E-state index contributed by atoms with van der Waals surface area (Å²) >= 11 is 0. The van der Waals surface area contributed by atoms with E-state index in [0.29, 0.717) is 32.4 Å². The Morgan fingerprint density at radius 1 is 1.24 bits per heavy atom. The molecule has 1 aromatic heterocycles. The van der Waals surface area contributed by atoms with Crippen LogP contribution < -0.4 is 5.32 Å². The minimum absolute atomic E-state index is 0.0775. The lowest BCUT2D eigenvalue weighted by Crippen LogP contribution is -2.36. The molecule has 2 heterocycles. The van der Waals surface area contributed by atoms with Gasteiger partial charge in [0.25, 0.3) is 0 Å². The molecule has 1 fully saturated rings. The van der Waals surface area contributed by atoms with Gasteiger partial charge in [0.1, 0.15) is 0 Å². The van der Waals surface area contributed by atoms with Crippen molar-refractivity contribution in [1.29, 1.82) is 5.26 Å². The second kappa shape index (κ2) is 10.2. The van der Waals surface area contributed by atoms with Gasteiger partial charge in [0, 0.05) is 18.7 Å². The third kappa shape index (κ3) is 5.45. The fourth-order valence-electron chi connectivity index (χ4n) is 4.19. The van der Waals surface area contributed by atoms with Crippen LogP contribution in [0.15, 0.2) is 30.3 Å². The first kappa shape index (κ1) is 21.1. The van der Waals surface area contributed by atoms with Gasteiger partial charge in [-0.05, 0) is 57.3 Å². The van der Waals surface area contributed by atoms with Gasteiger partial charge in [-0.1, -0.05) is 30.3 Å². The highest BCUT2D eigenvalue weighted by atomic mass is 16.1. The Bertz CT molecular complexity index is 846. The fraction of sp³-hybridized carbons (Fsp3) is 0.522. The van der Waals surface area contributed by atoms with Crippen LogP contribution in [0.4, 0.5) is 0 Å². The van der Waals surface area contributed by atoms with Gasteiger partial charge in [-0.2, -0.15) is 10.4 Å². The van der Waals surface area contributed by atoms with Crippen LogP contribution in [0, 0.1) is 25.2 Å². The third-order valence-corrected chi connectivity index (χ3v) is 5.83. The van der Waals surface area contributed by atoms with Crippen molar-refractivity contribution in [3.63, 3.8) is 0 Å². The zero-order chi connectivity index (χ0) is 20.6. The first-order valence-corrected chi connectivity index (χ1v) is 10.6. The van der Waals surface area contributed by atoms with Crippen molar-refractivity contribution in [3.8, 4) is 6.07 Å². The number of nitrogens with zero attached hydrogens (tertiary/aromatic N) is 4. The van der Waals surface area contributed by atoms with E-state index in [1.54, 1.807) is 0 Å². The second-order valence-corrected chi connectivity index (χ2v) is 7.75. The lowest BCUT2D eigenvalue weighted by Gasteiger charge is -2.28. The van der Waals surface area contributed by atoms with Crippen LogP contribution in [0.1, 0.15) is 54.2 Å². The normalized spacial score (nSPS) is 15.2. The molecule has 0 radical (unpaired) electrons. The van der Waals surface area contributed by atoms with Gasteiger partial charge in [0.05, 0.1) is 30.8 Å². The van der Waals surface area contributed by atoms with E-state index in [1.165, 1.54) is 18.4 Å². The van der Waals surface area contributed by atoms with Crippen LogP contribution in [0.3, 0.4) is 0 Å². The third-order valence-electron chi connectivity index (χ3n) is 5.83. The minimum Gasteiger partial charge on any atom is -0.354 e. The Hall–Kier alpha value is -2.65. The summed E-state index contributed by atoms with van der Waals surface area (Å²) in [6.45, 7) is 7.42. The van der Waals surface area contributed by atoms with Gasteiger partial charge in [0.2, 0.25) is 5.91 Å². The lowest BCUT2D eigenvalue weighted by atomic mass is 10.0. The number of nitrogens with one attached hydrogen (secondary N) is 1. The standard InChI is InChI=1S/C23H31N5O/c1-18-21(19(2)28(26-18)16-8-13-24)11-12-23(29)25-17-22(27-14-6-7-15-27)20-9-4-3-5-10-20/h3-5,9-10,22H,6-8,11-12,14-17H2,1-2H3,(H,25,29). The van der Waals surface area contributed by atoms with Gasteiger partial charge < -0.3 is 5.32 Å². The van der Waals surface area contributed by atoms with Crippen molar-refractivity contribution >= 4 is 5.91 Å². The van der Waals surface area contributed by atoms with Crippen LogP contribution in [0.2, 0.25) is 0 Å². The predicted molar refractivity (Wildman–Crippen MR) is 113 cm³/mol. The number of likely N-dealkylation sites (tertiary alicyclic amines) is 1. The van der Waals surface area contributed by atoms with Crippen molar-refractivity contribution in [2.24, 2.45) is 0 Å². The molecule has 6 heteroatoms. The van der Waals surface area contributed by atoms with Crippen molar-refractivity contribution in [2.45, 2.75) is 58.5 Å². The molecule has 1 aliphatic rings. The number of benzene rings is 1. The molecule has 1 N–H and O–H groups in total. The highest BCUT2D eigenvalue weighted by Gasteiger charge is 2.24. The quantitative estimate of drug-likeness (QED) is 0.709. The highest BCUT2D eigenvalue weighted by Crippen LogP contribution is 2.24. The molecule has 1 saturated heterocycles. The number of rotatable bonds is 9. The topological polar surface area (TPSA) is 73.9 Å². The summed E-state index contributed by atoms with van der Waals surface area (Å²) in [6.07, 6.45) is 4.03. The van der Waals surface area contributed by atoms with Crippen LogP contribution in [-0.2, 0) is 17.8 Å². The zero-order valence-electron chi connectivity index (χ0n) is 17.5. The van der Waals surface area contributed by atoms with E-state index in [2.05, 4.69) is 45.7 Å². The number of carbonyl (C=O) groups excluding carboxylic acids is 1. The Morgan fingerprint density at radius 3 is 2.66 bits per heavy atom. The molecule has 3 rings (SSSR count). The summed E-state index contributed by atoms with van der Waals surface area (Å²) < 4.78 is 1.88. The molecule has 2 aromatic rings. The Balaban J connectivity index is 1.56. The summed E-state index contributed by atoms with van der Waals surface area (Å²) in [5, 5.41) is 16.5. The largest absolute Gasteiger partial charge is 0.354 e. The molecule has 29 heavy (non-hydrogen) atoms. The molecule has 1 unspecified atom stereocenters. The maximum absolute atomic E-state index is 12.6. The van der Waals surface area contributed by atoms with E-state index in [1.807, 2.05) is 24.6 Å². The van der Waals surface area contributed by atoms with Gasteiger partial charge in [-0.15, -0.1) is 0 Å². The smallest absolute Gasteiger partial charge is 0.220 e. The first-order chi connectivity index (χ1) is 14.1. The Kier molecular flexibility index (Phi) is 7.42. The second-order valence-electron chi connectivity index (χ2n) is 7.75. The zero-order valence-corrected chi connectivity index (χ0v) is 17.5. The summed E-state index contributed by atoms with van der Waals surface area (Å²) in [6, 6.07) is 12.9. The maximum Gasteiger partial charge on any atom is 0.220 e. The summed E-state index contributed by atoms with van der Waals surface area (Å²) in [5.41, 5.74) is 4.40. The molecule has 1 amide bonds. The molecule has 0 spiro atoms. The molecule has 1 atom stereocenters. The van der Waals surface area contributed by atoms with E-state index >= 15 is 0 Å². The summed E-state index contributed by atoms with van der Waals surface area (Å²) in [7, 11) is 0. The van der Waals surface area contributed by atoms with Crippen LogP contribution in [-0.4, -0.2) is 40.2 Å². The molecule has 1 aromatic carbocycles. The van der Waals surface area contributed by atoms with E-state index < -0.39 is 0 Å². The number of hydrogen-bond acceptors (Lipinski definition) is 4. The summed E-state index contributed by atoms with van der Waals surface area (Å²) in [5.74, 6) is 0.0775. The fourth-order valence-corrected chi connectivity index (χ4v) is 4.19. The molecule has 154 valence electrons. The van der Waals surface area contributed by atoms with Crippen molar-refractivity contribution in [2.75, 3.05) is 19.6 Å². The van der Waals surface area contributed by atoms with Crippen LogP contribution >= 0.6 is 0 Å². The SMILES string of the molecule is Cc1nn(CCC#N)c(C)c1CCC(=O)NCC(c1ccccc1)N1CCCC1. The average molecular weight is 394 g/mol. The molecule has 0 bridgehead atoms. The van der Waals surface area contributed by atoms with Gasteiger partial charge in [-0.25, -0.2) is 0 Å². The molecule has 0 aliphatic carbocycles. The number of carbonyl (C=O) groups is 1. The monoisotopic (exact) mass is 393 g/mol. The first-order valence-electron chi connectivity index (χ1n) is 10.6. The maximum atomic E-state index is 12.6. The Labute approximate surface area is 173 Å². The van der Waals surface area contributed by atoms with E-state index in [9.17, 15) is 4.79 Å². The van der Waals surface area contributed by atoms with Gasteiger partial charge >= 0.3 is 0 Å². The molecular weight excluding hydrogens is 362 g/mol. The number of aromatic nitrogens is 2.